The molecule has 0 saturated carbocycles. The first-order valence-corrected chi connectivity index (χ1v) is 13.8. The molecule has 2 N–H and O–H groups in total. The van der Waals surface area contributed by atoms with Gasteiger partial charge in [0.2, 0.25) is 11.1 Å². The number of amides is 1. The second-order valence-electron chi connectivity index (χ2n) is 8.84. The lowest BCUT2D eigenvalue weighted by atomic mass is 9.94. The summed E-state index contributed by atoms with van der Waals surface area (Å²) in [5, 5.41) is 23.5. The van der Waals surface area contributed by atoms with E-state index in [4.69, 9.17) is 21.4 Å². The molecule has 40 heavy (non-hydrogen) atoms. The number of nitro benzene ring substituents is 1. The first-order valence-electron chi connectivity index (χ1n) is 12.4. The fourth-order valence-electron chi connectivity index (χ4n) is 4.40. The number of hydrogen-bond donors (Lipinski definition) is 2. The third-order valence-electron chi connectivity index (χ3n) is 6.22. The summed E-state index contributed by atoms with van der Waals surface area (Å²) in [6, 6.07) is 20.1. The van der Waals surface area contributed by atoms with Gasteiger partial charge >= 0.3 is 0 Å². The van der Waals surface area contributed by atoms with E-state index in [9.17, 15) is 14.9 Å². The van der Waals surface area contributed by atoms with E-state index in [1.165, 1.54) is 23.9 Å². The zero-order chi connectivity index (χ0) is 28.2. The Balaban J connectivity index is 1.53. The van der Waals surface area contributed by atoms with E-state index in [-0.39, 0.29) is 5.69 Å². The molecule has 3 aromatic carbocycles. The number of ether oxygens (including phenoxy) is 1. The van der Waals surface area contributed by atoms with Gasteiger partial charge in [0.05, 0.1) is 22.8 Å². The van der Waals surface area contributed by atoms with Gasteiger partial charge in [-0.1, -0.05) is 65.8 Å². The third-order valence-corrected chi connectivity index (χ3v) is 7.48. The van der Waals surface area contributed by atoms with Crippen LogP contribution in [0.4, 0.5) is 17.3 Å². The normalized spacial score (nSPS) is 14.3. The molecule has 1 atom stereocenters. The van der Waals surface area contributed by atoms with Gasteiger partial charge in [-0.2, -0.15) is 4.98 Å². The first-order chi connectivity index (χ1) is 19.4. The molecule has 2 heterocycles. The summed E-state index contributed by atoms with van der Waals surface area (Å²) >= 11 is 7.71. The van der Waals surface area contributed by atoms with Crippen molar-refractivity contribution in [3.8, 4) is 5.75 Å². The fraction of sp³-hybridized carbons (Fsp3) is 0.179. The van der Waals surface area contributed by atoms with Gasteiger partial charge in [0.25, 0.3) is 11.6 Å². The molecule has 12 heteroatoms. The van der Waals surface area contributed by atoms with Gasteiger partial charge < -0.3 is 15.4 Å². The van der Waals surface area contributed by atoms with Crippen LogP contribution in [0, 0.1) is 10.1 Å². The average molecular weight is 577 g/mol. The number of non-ortho nitro benzene ring substituents is 1. The molecule has 1 aliphatic heterocycles. The maximum Gasteiger partial charge on any atom is 0.269 e. The van der Waals surface area contributed by atoms with E-state index in [0.29, 0.717) is 56.8 Å². The van der Waals surface area contributed by atoms with E-state index in [1.807, 2.05) is 37.3 Å². The molecule has 204 valence electrons. The highest BCUT2D eigenvalue weighted by Crippen LogP contribution is 2.38. The molecule has 0 radical (unpaired) electrons. The molecule has 0 spiro atoms. The number of para-hydroxylation sites is 2. The lowest BCUT2D eigenvalue weighted by molar-refractivity contribution is -0.384. The number of rotatable bonds is 9. The van der Waals surface area contributed by atoms with E-state index >= 15 is 0 Å². The minimum absolute atomic E-state index is 0.0925. The van der Waals surface area contributed by atoms with E-state index in [0.717, 1.165) is 5.56 Å². The number of nitrogens with one attached hydrogen (secondary N) is 2. The quantitative estimate of drug-likeness (QED) is 0.132. The number of anilines is 2. The predicted octanol–water partition coefficient (Wildman–Crippen LogP) is 6.46. The molecule has 10 nitrogen and oxygen atoms in total. The van der Waals surface area contributed by atoms with Crippen molar-refractivity contribution in [3.05, 3.63) is 110 Å². The van der Waals surface area contributed by atoms with Crippen LogP contribution in [0.1, 0.15) is 31.0 Å². The predicted molar refractivity (Wildman–Crippen MR) is 155 cm³/mol. The Labute approximate surface area is 239 Å². The number of allylic oxidation sites excluding steroid dienone is 1. The summed E-state index contributed by atoms with van der Waals surface area (Å²) < 4.78 is 7.26. The van der Waals surface area contributed by atoms with E-state index in [2.05, 4.69) is 15.6 Å². The molecule has 0 bridgehead atoms. The fourth-order valence-corrected chi connectivity index (χ4v) is 5.52. The van der Waals surface area contributed by atoms with Gasteiger partial charge in [-0.05, 0) is 43.2 Å². The smallest absolute Gasteiger partial charge is 0.269 e. The molecule has 1 aromatic heterocycles. The van der Waals surface area contributed by atoms with Crippen molar-refractivity contribution in [1.82, 2.24) is 14.8 Å². The number of fused-ring (bicyclic) bond motifs is 1. The van der Waals surface area contributed by atoms with Crippen molar-refractivity contribution >= 4 is 46.6 Å². The number of halogens is 1. The van der Waals surface area contributed by atoms with E-state index in [1.54, 1.807) is 41.9 Å². The number of hydrogen-bond acceptors (Lipinski definition) is 8. The number of aromatic nitrogens is 3. The number of benzene rings is 3. The Morgan fingerprint density at radius 1 is 1.18 bits per heavy atom. The van der Waals surface area contributed by atoms with Gasteiger partial charge in [-0.25, -0.2) is 4.68 Å². The summed E-state index contributed by atoms with van der Waals surface area (Å²) in [7, 11) is 0. The van der Waals surface area contributed by atoms with Crippen LogP contribution < -0.4 is 15.4 Å². The minimum atomic E-state index is -0.780. The Morgan fingerprint density at radius 2 is 1.95 bits per heavy atom. The zero-order valence-corrected chi connectivity index (χ0v) is 23.2. The molecule has 5 rings (SSSR count). The van der Waals surface area contributed by atoms with Crippen molar-refractivity contribution in [3.63, 3.8) is 0 Å². The second-order valence-corrected chi connectivity index (χ2v) is 10.2. The van der Waals surface area contributed by atoms with Crippen molar-refractivity contribution in [2.24, 2.45) is 0 Å². The maximum absolute atomic E-state index is 13.8. The van der Waals surface area contributed by atoms with Crippen LogP contribution in [0.3, 0.4) is 0 Å². The van der Waals surface area contributed by atoms with Crippen molar-refractivity contribution in [1.29, 1.82) is 0 Å². The monoisotopic (exact) mass is 576 g/mol. The van der Waals surface area contributed by atoms with Crippen molar-refractivity contribution < 1.29 is 14.5 Å². The van der Waals surface area contributed by atoms with Crippen LogP contribution in [-0.2, 0) is 10.5 Å². The second kappa shape index (κ2) is 11.8. The van der Waals surface area contributed by atoms with Gasteiger partial charge in [-0.3, -0.25) is 14.9 Å². The number of nitro groups is 1. The molecule has 1 unspecified atom stereocenters. The number of nitrogens with zero attached hydrogens (tertiary/aromatic N) is 4. The van der Waals surface area contributed by atoms with Crippen LogP contribution in [0.2, 0.25) is 5.02 Å². The molecule has 0 aliphatic carbocycles. The van der Waals surface area contributed by atoms with Crippen LogP contribution >= 0.6 is 23.4 Å². The Kier molecular flexibility index (Phi) is 8.04. The minimum Gasteiger partial charge on any atom is -0.492 e. The molecule has 0 fully saturated rings. The highest BCUT2D eigenvalue weighted by molar-refractivity contribution is 7.98. The van der Waals surface area contributed by atoms with Crippen molar-refractivity contribution in [2.75, 3.05) is 17.2 Å². The molecule has 4 aromatic rings. The van der Waals surface area contributed by atoms with Crippen LogP contribution in [0.15, 0.2) is 89.2 Å². The molecule has 0 saturated heterocycles. The van der Waals surface area contributed by atoms with Gasteiger partial charge in [0.15, 0.2) is 0 Å². The summed E-state index contributed by atoms with van der Waals surface area (Å²) in [6.07, 6.45) is 0. The highest BCUT2D eigenvalue weighted by atomic mass is 35.5. The Bertz CT molecular complexity index is 1620. The lowest BCUT2D eigenvalue weighted by Crippen LogP contribution is -2.31. The Morgan fingerprint density at radius 3 is 2.73 bits per heavy atom. The Hall–Kier alpha value is -4.35. The van der Waals surface area contributed by atoms with Gasteiger partial charge in [0.1, 0.15) is 11.8 Å². The highest BCUT2D eigenvalue weighted by Gasteiger charge is 2.35. The average Bonchev–Trinajstić information content (AvgIpc) is 3.35. The summed E-state index contributed by atoms with van der Waals surface area (Å²) in [6.45, 7) is 4.06. The lowest BCUT2D eigenvalue weighted by Gasteiger charge is -2.28. The zero-order valence-electron chi connectivity index (χ0n) is 21.6. The number of carbonyl (C=O) groups is 1. The van der Waals surface area contributed by atoms with Gasteiger partial charge in [-0.15, -0.1) is 5.10 Å². The number of carbonyl (C=O) groups excluding carboxylic acids is 1. The maximum atomic E-state index is 13.8. The van der Waals surface area contributed by atoms with Crippen LogP contribution in [0.5, 0.6) is 5.75 Å². The van der Waals surface area contributed by atoms with Gasteiger partial charge in [0, 0.05) is 28.6 Å². The largest absolute Gasteiger partial charge is 0.492 e. The first kappa shape index (κ1) is 27.2. The number of thioether (sulfide) groups is 1. The van der Waals surface area contributed by atoms with Crippen molar-refractivity contribution in [2.45, 2.75) is 30.8 Å². The summed E-state index contributed by atoms with van der Waals surface area (Å²) in [5.74, 6) is 1.09. The van der Waals surface area contributed by atoms with E-state index < -0.39 is 16.9 Å². The molecular formula is C28H25ClN6O4S. The molecule has 1 amide bonds. The molecular weight excluding hydrogens is 552 g/mol. The standard InChI is InChI=1S/C28H25ClN6O4S/c1-3-39-23-14-7-6-13-22(23)31-26(36)24-17(2)30-27-32-28(40-16-19-9-4-5-12-21(19)29)33-34(27)25(24)18-10-8-11-20(15-18)35(37)38/h4-15,25H,3,16H2,1-2H3,(H,31,36)(H,30,32,33). The topological polar surface area (TPSA) is 124 Å². The SMILES string of the molecule is CCOc1ccccc1NC(=O)C1=C(C)Nc2nc(SCc3ccccc3Cl)nn2C1c1cccc([N+](=O)[O-])c1. The molecule has 1 aliphatic rings. The summed E-state index contributed by atoms with van der Waals surface area (Å²) in [4.78, 5) is 29.6. The van der Waals surface area contributed by atoms with Crippen LogP contribution in [0.25, 0.3) is 0 Å². The third kappa shape index (κ3) is 5.65. The summed E-state index contributed by atoms with van der Waals surface area (Å²) in [5.41, 5.74) is 2.76. The van der Waals surface area contributed by atoms with Crippen LogP contribution in [-0.4, -0.2) is 32.2 Å².